The minimum atomic E-state index is 0.672. The van der Waals surface area contributed by atoms with Gasteiger partial charge in [-0.3, -0.25) is 0 Å². The smallest absolute Gasteiger partial charge is 0.134 e. The molecule has 0 saturated heterocycles. The molecule has 3 rings (SSSR count). The van der Waals surface area contributed by atoms with Crippen molar-refractivity contribution in [3.05, 3.63) is 58.9 Å². The summed E-state index contributed by atoms with van der Waals surface area (Å²) >= 11 is 0. The van der Waals surface area contributed by atoms with E-state index >= 15 is 0 Å². The Morgan fingerprint density at radius 3 is 3.00 bits per heavy atom. The van der Waals surface area contributed by atoms with Gasteiger partial charge >= 0.3 is 0 Å². The number of allylic oxidation sites excluding steroid dienone is 2. The summed E-state index contributed by atoms with van der Waals surface area (Å²) in [6.07, 6.45) is 8.34. The zero-order chi connectivity index (χ0) is 11.7. The van der Waals surface area contributed by atoms with Crippen LogP contribution in [-0.4, -0.2) is 6.54 Å². The maximum Gasteiger partial charge on any atom is 0.134 e. The van der Waals surface area contributed by atoms with Crippen molar-refractivity contribution >= 4 is 6.08 Å². The molecule has 1 heterocycles. The quantitative estimate of drug-likeness (QED) is 0.839. The molecule has 17 heavy (non-hydrogen) atoms. The third kappa shape index (κ3) is 1.81. The Hall–Kier alpha value is -1.80. The summed E-state index contributed by atoms with van der Waals surface area (Å²) in [4.78, 5) is 0. The molecule has 2 heteroatoms. The summed E-state index contributed by atoms with van der Waals surface area (Å²) in [5.74, 6) is 1.95. The van der Waals surface area contributed by atoms with Crippen LogP contribution in [0.2, 0.25) is 0 Å². The van der Waals surface area contributed by atoms with Crippen LogP contribution in [0.5, 0.6) is 5.75 Å². The molecule has 0 unspecified atom stereocenters. The van der Waals surface area contributed by atoms with Gasteiger partial charge in [-0.15, -0.1) is 0 Å². The van der Waals surface area contributed by atoms with Crippen molar-refractivity contribution in [2.75, 3.05) is 6.54 Å². The number of para-hydroxylation sites is 1. The molecule has 0 amide bonds. The monoisotopic (exact) mass is 225 g/mol. The molecule has 1 aliphatic carbocycles. The van der Waals surface area contributed by atoms with Gasteiger partial charge in [0, 0.05) is 11.1 Å². The molecule has 1 aromatic carbocycles. The van der Waals surface area contributed by atoms with Crippen LogP contribution in [0.3, 0.4) is 0 Å². The van der Waals surface area contributed by atoms with Crippen molar-refractivity contribution in [2.24, 2.45) is 5.73 Å². The summed E-state index contributed by atoms with van der Waals surface area (Å²) in [6.45, 7) is 0.672. The van der Waals surface area contributed by atoms with E-state index in [0.29, 0.717) is 6.54 Å². The molecule has 1 aliphatic heterocycles. The zero-order valence-corrected chi connectivity index (χ0v) is 9.65. The first kappa shape index (κ1) is 10.4. The molecule has 0 radical (unpaired) electrons. The van der Waals surface area contributed by atoms with E-state index < -0.39 is 0 Å². The molecular weight excluding hydrogens is 210 g/mol. The number of nitrogens with two attached hydrogens (primary N) is 1. The summed E-state index contributed by atoms with van der Waals surface area (Å²) in [7, 11) is 0. The molecule has 0 fully saturated rings. The number of benzene rings is 1. The highest BCUT2D eigenvalue weighted by atomic mass is 16.5. The van der Waals surface area contributed by atoms with Crippen LogP contribution in [0.25, 0.3) is 6.08 Å². The van der Waals surface area contributed by atoms with Gasteiger partial charge in [-0.05, 0) is 37.1 Å². The maximum atomic E-state index is 6.01. The second-order valence-corrected chi connectivity index (χ2v) is 4.32. The minimum Gasteiger partial charge on any atom is -0.456 e. The van der Waals surface area contributed by atoms with Gasteiger partial charge in [0.25, 0.3) is 0 Å². The highest BCUT2D eigenvalue weighted by Gasteiger charge is 2.20. The first-order valence-corrected chi connectivity index (χ1v) is 5.96. The Labute approximate surface area is 101 Å². The van der Waals surface area contributed by atoms with Crippen molar-refractivity contribution < 1.29 is 4.74 Å². The van der Waals surface area contributed by atoms with Gasteiger partial charge < -0.3 is 10.5 Å². The lowest BCUT2D eigenvalue weighted by Gasteiger charge is -2.24. The highest BCUT2D eigenvalue weighted by molar-refractivity contribution is 5.70. The van der Waals surface area contributed by atoms with Crippen LogP contribution in [0.15, 0.2) is 53.3 Å². The molecular formula is C15H15NO. The van der Waals surface area contributed by atoms with Crippen LogP contribution in [0.1, 0.15) is 18.4 Å². The van der Waals surface area contributed by atoms with Gasteiger partial charge in [-0.2, -0.15) is 0 Å². The second-order valence-electron chi connectivity index (χ2n) is 4.32. The maximum absolute atomic E-state index is 6.01. The Morgan fingerprint density at radius 1 is 1.24 bits per heavy atom. The van der Waals surface area contributed by atoms with E-state index in [4.69, 9.17) is 10.5 Å². The fourth-order valence-electron chi connectivity index (χ4n) is 2.31. The topological polar surface area (TPSA) is 35.2 Å². The molecule has 0 atom stereocenters. The van der Waals surface area contributed by atoms with Crippen LogP contribution in [0.4, 0.5) is 0 Å². The van der Waals surface area contributed by atoms with Gasteiger partial charge in [0.05, 0.1) is 0 Å². The molecule has 2 aliphatic rings. The largest absolute Gasteiger partial charge is 0.456 e. The molecule has 0 bridgehead atoms. The Balaban J connectivity index is 2.08. The Morgan fingerprint density at radius 2 is 2.12 bits per heavy atom. The SMILES string of the molecule is NCCC1=C2Oc3ccccc3C=C2C=CC1. The number of hydrogen-bond acceptors (Lipinski definition) is 2. The third-order valence-corrected chi connectivity index (χ3v) is 3.13. The lowest BCUT2D eigenvalue weighted by Crippen LogP contribution is -2.12. The van der Waals surface area contributed by atoms with Crippen molar-refractivity contribution in [1.29, 1.82) is 0 Å². The summed E-state index contributed by atoms with van der Waals surface area (Å²) < 4.78 is 6.01. The van der Waals surface area contributed by atoms with E-state index in [1.165, 1.54) is 11.1 Å². The van der Waals surface area contributed by atoms with Crippen molar-refractivity contribution in [3.63, 3.8) is 0 Å². The number of fused-ring (bicyclic) bond motifs is 2. The summed E-state index contributed by atoms with van der Waals surface area (Å²) in [5, 5.41) is 0. The second kappa shape index (κ2) is 4.22. The fraction of sp³-hybridized carbons (Fsp3) is 0.200. The highest BCUT2D eigenvalue weighted by Crippen LogP contribution is 2.36. The van der Waals surface area contributed by atoms with Crippen LogP contribution < -0.4 is 10.5 Å². The van der Waals surface area contributed by atoms with E-state index in [0.717, 1.165) is 29.9 Å². The predicted octanol–water partition coefficient (Wildman–Crippen LogP) is 3.03. The van der Waals surface area contributed by atoms with E-state index in [-0.39, 0.29) is 0 Å². The van der Waals surface area contributed by atoms with Gasteiger partial charge in [0.2, 0.25) is 0 Å². The average molecular weight is 225 g/mol. The normalized spacial score (nSPS) is 17.1. The molecule has 1 aromatic rings. The minimum absolute atomic E-state index is 0.672. The standard InChI is InChI=1S/C15H15NO/c16-9-8-11-5-3-6-13-10-12-4-1-2-7-14(12)17-15(11)13/h1-4,6-7,10H,5,8-9,16H2. The molecule has 86 valence electrons. The van der Waals surface area contributed by atoms with Crippen LogP contribution in [-0.2, 0) is 0 Å². The lowest BCUT2D eigenvalue weighted by atomic mass is 9.94. The lowest BCUT2D eigenvalue weighted by molar-refractivity contribution is 0.422. The first-order valence-electron chi connectivity index (χ1n) is 5.96. The number of hydrogen-bond donors (Lipinski definition) is 1. The van der Waals surface area contributed by atoms with E-state index in [1.54, 1.807) is 0 Å². The van der Waals surface area contributed by atoms with Gasteiger partial charge in [-0.1, -0.05) is 30.4 Å². The summed E-state index contributed by atoms with van der Waals surface area (Å²) in [5.41, 5.74) is 9.25. The predicted molar refractivity (Wildman–Crippen MR) is 69.5 cm³/mol. The van der Waals surface area contributed by atoms with Gasteiger partial charge in [0.15, 0.2) is 0 Å². The molecule has 0 aromatic heterocycles. The molecule has 0 saturated carbocycles. The Bertz CT molecular complexity index is 538. The first-order chi connectivity index (χ1) is 8.38. The third-order valence-electron chi connectivity index (χ3n) is 3.13. The van der Waals surface area contributed by atoms with Crippen LogP contribution >= 0.6 is 0 Å². The van der Waals surface area contributed by atoms with Crippen molar-refractivity contribution in [3.8, 4) is 5.75 Å². The molecule has 2 N–H and O–H groups in total. The van der Waals surface area contributed by atoms with Gasteiger partial charge in [-0.25, -0.2) is 0 Å². The van der Waals surface area contributed by atoms with Crippen molar-refractivity contribution in [2.45, 2.75) is 12.8 Å². The van der Waals surface area contributed by atoms with Crippen LogP contribution in [0, 0.1) is 0 Å². The number of rotatable bonds is 2. The summed E-state index contributed by atoms with van der Waals surface area (Å²) in [6, 6.07) is 8.11. The van der Waals surface area contributed by atoms with Crippen molar-refractivity contribution in [1.82, 2.24) is 0 Å². The number of ether oxygens (including phenoxy) is 1. The Kier molecular flexibility index (Phi) is 2.57. The molecule has 2 nitrogen and oxygen atoms in total. The zero-order valence-electron chi connectivity index (χ0n) is 9.65. The molecule has 0 spiro atoms. The average Bonchev–Trinajstić information content (AvgIpc) is 2.37. The van der Waals surface area contributed by atoms with E-state index in [1.807, 2.05) is 18.2 Å². The fourth-order valence-corrected chi connectivity index (χ4v) is 2.31. The van der Waals surface area contributed by atoms with E-state index in [2.05, 4.69) is 24.3 Å². The van der Waals surface area contributed by atoms with Gasteiger partial charge in [0.1, 0.15) is 11.5 Å². The van der Waals surface area contributed by atoms with E-state index in [9.17, 15) is 0 Å².